The van der Waals surface area contributed by atoms with E-state index < -0.39 is 10.0 Å². The largest absolute Gasteiger partial charge is 0.392 e. The van der Waals surface area contributed by atoms with E-state index in [4.69, 9.17) is 0 Å². The van der Waals surface area contributed by atoms with Crippen LogP contribution in [0.25, 0.3) is 0 Å². The van der Waals surface area contributed by atoms with Crippen LogP contribution in [0.4, 0.5) is 0 Å². The van der Waals surface area contributed by atoms with Crippen molar-refractivity contribution in [1.29, 1.82) is 0 Å². The highest BCUT2D eigenvalue weighted by molar-refractivity contribution is 7.88. The summed E-state index contributed by atoms with van der Waals surface area (Å²) >= 11 is 0. The summed E-state index contributed by atoms with van der Waals surface area (Å²) in [4.78, 5) is 0. The number of nitrogens with zero attached hydrogens (tertiary/aromatic N) is 1. The number of rotatable bonds is 3. The summed E-state index contributed by atoms with van der Waals surface area (Å²) in [5, 5.41) is 13.2. The van der Waals surface area contributed by atoms with Gasteiger partial charge < -0.3 is 10.4 Å². The lowest BCUT2D eigenvalue weighted by Crippen LogP contribution is -2.49. The van der Waals surface area contributed by atoms with Gasteiger partial charge in [-0.15, -0.1) is 0 Å². The Hall–Kier alpha value is -0.170. The van der Waals surface area contributed by atoms with Gasteiger partial charge in [-0.1, -0.05) is 0 Å². The van der Waals surface area contributed by atoms with E-state index in [0.29, 0.717) is 19.1 Å². The normalized spacial score (nSPS) is 33.1. The first-order chi connectivity index (χ1) is 7.97. The van der Waals surface area contributed by atoms with Crippen LogP contribution in [0.2, 0.25) is 0 Å². The summed E-state index contributed by atoms with van der Waals surface area (Å²) in [6.45, 7) is 1.19. The summed E-state index contributed by atoms with van der Waals surface area (Å²) in [6.07, 6.45) is 5.74. The lowest BCUT2D eigenvalue weighted by atomic mass is 10.0. The standard InChI is InChI=1S/C11H22N2O3S/c1-17(15,16)13-7-5-9(6-8-13)12-10-3-2-4-11(10)14/h9-12,14H,2-8H2,1H3. The average Bonchev–Trinajstić information content (AvgIpc) is 2.64. The molecule has 2 N–H and O–H groups in total. The van der Waals surface area contributed by atoms with Gasteiger partial charge in [-0.25, -0.2) is 12.7 Å². The van der Waals surface area contributed by atoms with E-state index in [-0.39, 0.29) is 12.1 Å². The highest BCUT2D eigenvalue weighted by Crippen LogP contribution is 2.21. The van der Waals surface area contributed by atoms with Gasteiger partial charge >= 0.3 is 0 Å². The summed E-state index contributed by atoms with van der Waals surface area (Å²) < 4.78 is 24.2. The highest BCUT2D eigenvalue weighted by atomic mass is 32.2. The molecule has 2 aliphatic rings. The van der Waals surface area contributed by atoms with Crippen LogP contribution < -0.4 is 5.32 Å². The maximum absolute atomic E-state index is 11.4. The molecule has 1 heterocycles. The molecular weight excluding hydrogens is 240 g/mol. The predicted molar refractivity (Wildman–Crippen MR) is 66.2 cm³/mol. The Morgan fingerprint density at radius 2 is 1.82 bits per heavy atom. The van der Waals surface area contributed by atoms with Gasteiger partial charge in [0.25, 0.3) is 0 Å². The lowest BCUT2D eigenvalue weighted by Gasteiger charge is -2.33. The molecule has 0 bridgehead atoms. The first-order valence-electron chi connectivity index (χ1n) is 6.36. The summed E-state index contributed by atoms with van der Waals surface area (Å²) in [6, 6.07) is 0.565. The van der Waals surface area contributed by atoms with Crippen molar-refractivity contribution >= 4 is 10.0 Å². The van der Waals surface area contributed by atoms with Crippen LogP contribution in [0.5, 0.6) is 0 Å². The Labute approximate surface area is 103 Å². The third kappa shape index (κ3) is 3.40. The third-order valence-electron chi connectivity index (χ3n) is 3.85. The van der Waals surface area contributed by atoms with E-state index in [2.05, 4.69) is 5.32 Å². The molecule has 2 rings (SSSR count). The molecule has 6 heteroatoms. The van der Waals surface area contributed by atoms with Crippen LogP contribution in [0.1, 0.15) is 32.1 Å². The van der Waals surface area contributed by atoms with Gasteiger partial charge in [0.2, 0.25) is 10.0 Å². The Kier molecular flexibility index (Phi) is 4.07. The van der Waals surface area contributed by atoms with Crippen LogP contribution in [-0.2, 0) is 10.0 Å². The van der Waals surface area contributed by atoms with Gasteiger partial charge in [-0.2, -0.15) is 0 Å². The van der Waals surface area contributed by atoms with Gasteiger partial charge in [0.1, 0.15) is 0 Å². The first kappa shape index (κ1) is 13.3. The molecule has 0 radical (unpaired) electrons. The fourth-order valence-electron chi connectivity index (χ4n) is 2.79. The summed E-state index contributed by atoms with van der Waals surface area (Å²) in [5.74, 6) is 0. The first-order valence-corrected chi connectivity index (χ1v) is 8.21. The number of hydrogen-bond donors (Lipinski definition) is 2. The van der Waals surface area contributed by atoms with E-state index >= 15 is 0 Å². The van der Waals surface area contributed by atoms with Crippen LogP contribution in [0.15, 0.2) is 0 Å². The molecular formula is C11H22N2O3S. The lowest BCUT2D eigenvalue weighted by molar-refractivity contribution is 0.135. The Bertz CT molecular complexity index is 350. The van der Waals surface area contributed by atoms with Crippen molar-refractivity contribution in [2.75, 3.05) is 19.3 Å². The number of nitrogens with one attached hydrogen (secondary N) is 1. The Balaban J connectivity index is 1.79. The van der Waals surface area contributed by atoms with Crippen molar-refractivity contribution in [2.45, 2.75) is 50.3 Å². The smallest absolute Gasteiger partial charge is 0.211 e. The fraction of sp³-hybridized carbons (Fsp3) is 1.00. The van der Waals surface area contributed by atoms with Gasteiger partial charge in [0.05, 0.1) is 12.4 Å². The van der Waals surface area contributed by atoms with Gasteiger partial charge in [-0.3, -0.25) is 0 Å². The van der Waals surface area contributed by atoms with Gasteiger partial charge in [0, 0.05) is 25.2 Å². The Morgan fingerprint density at radius 3 is 2.29 bits per heavy atom. The van der Waals surface area contributed by atoms with E-state index in [9.17, 15) is 13.5 Å². The molecule has 1 saturated carbocycles. The Morgan fingerprint density at radius 1 is 1.18 bits per heavy atom. The summed E-state index contributed by atoms with van der Waals surface area (Å²) in [5.41, 5.74) is 0. The molecule has 0 aromatic carbocycles. The van der Waals surface area contributed by atoms with E-state index in [1.54, 1.807) is 0 Å². The molecule has 2 atom stereocenters. The minimum absolute atomic E-state index is 0.213. The molecule has 1 aliphatic carbocycles. The molecule has 1 aliphatic heterocycles. The molecule has 0 amide bonds. The van der Waals surface area contributed by atoms with Crippen LogP contribution >= 0.6 is 0 Å². The zero-order chi connectivity index (χ0) is 12.5. The number of aliphatic hydroxyl groups is 1. The fourth-order valence-corrected chi connectivity index (χ4v) is 3.67. The zero-order valence-electron chi connectivity index (χ0n) is 10.3. The van der Waals surface area contributed by atoms with Crippen LogP contribution in [0.3, 0.4) is 0 Å². The van der Waals surface area contributed by atoms with Crippen molar-refractivity contribution in [1.82, 2.24) is 9.62 Å². The number of hydrogen-bond acceptors (Lipinski definition) is 4. The second-order valence-corrected chi connectivity index (χ2v) is 7.19. The highest BCUT2D eigenvalue weighted by Gasteiger charge is 2.30. The predicted octanol–water partition coefficient (Wildman–Crippen LogP) is -0.0866. The van der Waals surface area contributed by atoms with Crippen molar-refractivity contribution in [3.05, 3.63) is 0 Å². The van der Waals surface area contributed by atoms with Crippen molar-refractivity contribution in [3.8, 4) is 0 Å². The molecule has 17 heavy (non-hydrogen) atoms. The van der Waals surface area contributed by atoms with E-state index in [1.807, 2.05) is 0 Å². The molecule has 0 aromatic rings. The van der Waals surface area contributed by atoms with E-state index in [0.717, 1.165) is 32.1 Å². The minimum atomic E-state index is -3.03. The molecule has 2 unspecified atom stereocenters. The maximum Gasteiger partial charge on any atom is 0.211 e. The number of aliphatic hydroxyl groups excluding tert-OH is 1. The molecule has 100 valence electrons. The summed E-state index contributed by atoms with van der Waals surface area (Å²) in [7, 11) is -3.03. The van der Waals surface area contributed by atoms with Crippen molar-refractivity contribution < 1.29 is 13.5 Å². The van der Waals surface area contributed by atoms with Gasteiger partial charge in [0.15, 0.2) is 0 Å². The monoisotopic (exact) mass is 262 g/mol. The van der Waals surface area contributed by atoms with Gasteiger partial charge in [-0.05, 0) is 32.1 Å². The SMILES string of the molecule is CS(=O)(=O)N1CCC(NC2CCCC2O)CC1. The van der Waals surface area contributed by atoms with E-state index in [1.165, 1.54) is 10.6 Å². The third-order valence-corrected chi connectivity index (χ3v) is 5.16. The second-order valence-electron chi connectivity index (χ2n) is 5.21. The molecule has 1 saturated heterocycles. The van der Waals surface area contributed by atoms with Crippen LogP contribution in [0, 0.1) is 0 Å². The zero-order valence-corrected chi connectivity index (χ0v) is 11.1. The topological polar surface area (TPSA) is 69.6 Å². The quantitative estimate of drug-likeness (QED) is 0.746. The molecule has 2 fully saturated rings. The van der Waals surface area contributed by atoms with Crippen molar-refractivity contribution in [3.63, 3.8) is 0 Å². The van der Waals surface area contributed by atoms with Crippen molar-refractivity contribution in [2.24, 2.45) is 0 Å². The number of sulfonamides is 1. The van der Waals surface area contributed by atoms with Crippen LogP contribution in [-0.4, -0.2) is 55.4 Å². The molecule has 5 nitrogen and oxygen atoms in total. The molecule has 0 spiro atoms. The molecule has 0 aromatic heterocycles. The minimum Gasteiger partial charge on any atom is -0.392 e. The maximum atomic E-state index is 11.4. The second kappa shape index (κ2) is 5.22. The number of piperidine rings is 1. The average molecular weight is 262 g/mol.